The molecule has 0 radical (unpaired) electrons. The number of aryl methyl sites for hydroxylation is 1. The first-order chi connectivity index (χ1) is 10.7. The van der Waals surface area contributed by atoms with Crippen molar-refractivity contribution in [2.24, 2.45) is 0 Å². The Hall–Kier alpha value is -2.82. The number of nitrogens with one attached hydrogen (secondary N) is 2. The van der Waals surface area contributed by atoms with Gasteiger partial charge in [0.15, 0.2) is 0 Å². The highest BCUT2D eigenvalue weighted by Crippen LogP contribution is 2.28. The lowest BCUT2D eigenvalue weighted by Gasteiger charge is -2.05. The maximum absolute atomic E-state index is 10.7. The van der Waals surface area contributed by atoms with Crippen molar-refractivity contribution in [3.05, 3.63) is 47.5 Å². The lowest BCUT2D eigenvalue weighted by molar-refractivity contribution is -0.107. The van der Waals surface area contributed by atoms with Crippen molar-refractivity contribution < 1.29 is 9.53 Å². The van der Waals surface area contributed by atoms with Crippen molar-refractivity contribution >= 4 is 29.0 Å². The van der Waals surface area contributed by atoms with E-state index in [1.54, 1.807) is 7.11 Å². The molecule has 0 aliphatic carbocycles. The second-order valence-corrected chi connectivity index (χ2v) is 5.09. The molecule has 3 aromatic rings. The maximum atomic E-state index is 10.7. The van der Waals surface area contributed by atoms with Gasteiger partial charge >= 0.3 is 0 Å². The fourth-order valence-electron chi connectivity index (χ4n) is 2.41. The lowest BCUT2D eigenvalue weighted by Crippen LogP contribution is -1.94. The molecular weight excluding hydrogens is 278 g/mol. The number of benzene rings is 2. The number of carbonyl (C=O) groups is 1. The number of rotatable bonds is 5. The molecule has 5 nitrogen and oxygen atoms in total. The highest BCUT2D eigenvalue weighted by molar-refractivity contribution is 5.85. The third-order valence-corrected chi connectivity index (χ3v) is 3.55. The fraction of sp³-hybridized carbons (Fsp3) is 0.176. The molecule has 0 aliphatic heterocycles. The summed E-state index contributed by atoms with van der Waals surface area (Å²) in [4.78, 5) is 18.5. The Bertz CT molecular complexity index is 824. The average Bonchev–Trinajstić information content (AvgIpc) is 2.91. The molecule has 0 saturated heterocycles. The molecule has 0 fully saturated rings. The highest BCUT2D eigenvalue weighted by Gasteiger charge is 2.11. The van der Waals surface area contributed by atoms with Gasteiger partial charge in [0.2, 0.25) is 5.95 Å². The van der Waals surface area contributed by atoms with Gasteiger partial charge in [-0.1, -0.05) is 18.2 Å². The number of ether oxygens (including phenoxy) is 1. The molecule has 5 heteroatoms. The number of anilines is 2. The van der Waals surface area contributed by atoms with Gasteiger partial charge < -0.3 is 19.8 Å². The van der Waals surface area contributed by atoms with Crippen molar-refractivity contribution in [1.82, 2.24) is 9.97 Å². The van der Waals surface area contributed by atoms with Crippen LogP contribution in [-0.4, -0.2) is 23.4 Å². The lowest BCUT2D eigenvalue weighted by atomic mass is 10.1. The number of carbonyl (C=O) groups excluding carboxylic acids is 1. The van der Waals surface area contributed by atoms with Crippen LogP contribution in [-0.2, 0) is 11.2 Å². The van der Waals surface area contributed by atoms with E-state index in [1.807, 2.05) is 43.3 Å². The molecule has 3 rings (SSSR count). The van der Waals surface area contributed by atoms with E-state index in [0.717, 1.165) is 34.1 Å². The number of aromatic amines is 1. The van der Waals surface area contributed by atoms with Crippen LogP contribution in [0.25, 0.3) is 11.0 Å². The van der Waals surface area contributed by atoms with Crippen LogP contribution in [0.15, 0.2) is 36.4 Å². The summed E-state index contributed by atoms with van der Waals surface area (Å²) in [6.07, 6.45) is 1.23. The fourth-order valence-corrected chi connectivity index (χ4v) is 2.41. The van der Waals surface area contributed by atoms with Crippen LogP contribution in [0.4, 0.5) is 11.6 Å². The first-order valence-electron chi connectivity index (χ1n) is 7.04. The zero-order valence-corrected chi connectivity index (χ0v) is 12.5. The van der Waals surface area contributed by atoms with Gasteiger partial charge in [-0.15, -0.1) is 0 Å². The molecule has 1 heterocycles. The molecular formula is C17H17N3O2. The molecule has 0 aliphatic rings. The molecule has 2 aromatic carbocycles. The summed E-state index contributed by atoms with van der Waals surface area (Å²) in [6, 6.07) is 11.8. The first kappa shape index (κ1) is 14.1. The smallest absolute Gasteiger partial charge is 0.205 e. The summed E-state index contributed by atoms with van der Waals surface area (Å²) < 4.78 is 5.38. The van der Waals surface area contributed by atoms with Crippen LogP contribution in [0.1, 0.15) is 11.1 Å². The predicted molar refractivity (Wildman–Crippen MR) is 86.9 cm³/mol. The Labute approximate surface area is 128 Å². The van der Waals surface area contributed by atoms with E-state index >= 15 is 0 Å². The molecule has 0 bridgehead atoms. The molecule has 2 N–H and O–H groups in total. The Kier molecular flexibility index (Phi) is 3.78. The number of aldehydes is 1. The molecule has 22 heavy (non-hydrogen) atoms. The Balaban J connectivity index is 2.02. The highest BCUT2D eigenvalue weighted by atomic mass is 16.5. The number of hydrogen-bond donors (Lipinski definition) is 2. The second-order valence-electron chi connectivity index (χ2n) is 5.09. The molecule has 0 unspecified atom stereocenters. The molecule has 1 aromatic heterocycles. The molecule has 112 valence electrons. The Morgan fingerprint density at radius 3 is 2.86 bits per heavy atom. The zero-order valence-electron chi connectivity index (χ0n) is 12.5. The summed E-state index contributed by atoms with van der Waals surface area (Å²) in [5.74, 6) is 1.30. The number of fused-ring (bicyclic) bond motifs is 1. The van der Waals surface area contributed by atoms with Gasteiger partial charge in [-0.2, -0.15) is 0 Å². The maximum Gasteiger partial charge on any atom is 0.205 e. The molecule has 0 spiro atoms. The van der Waals surface area contributed by atoms with E-state index < -0.39 is 0 Å². The van der Waals surface area contributed by atoms with Crippen molar-refractivity contribution in [3.63, 3.8) is 0 Å². The zero-order chi connectivity index (χ0) is 15.5. The number of imidazole rings is 1. The third kappa shape index (κ3) is 2.65. The number of hydrogen-bond acceptors (Lipinski definition) is 4. The van der Waals surface area contributed by atoms with Gasteiger partial charge in [0.1, 0.15) is 17.6 Å². The Morgan fingerprint density at radius 2 is 2.14 bits per heavy atom. The summed E-state index contributed by atoms with van der Waals surface area (Å²) in [5.41, 5.74) is 4.61. The van der Waals surface area contributed by atoms with Crippen LogP contribution >= 0.6 is 0 Å². The van der Waals surface area contributed by atoms with Crippen LogP contribution < -0.4 is 10.1 Å². The number of H-pyrrole nitrogens is 1. The monoisotopic (exact) mass is 295 g/mol. The second kappa shape index (κ2) is 5.89. The summed E-state index contributed by atoms with van der Waals surface area (Å²) in [7, 11) is 1.60. The SMILES string of the molecule is COc1cc(CC=O)cc2[nH]c(Nc3ccccc3C)nc12. The normalized spacial score (nSPS) is 10.6. The number of aromatic nitrogens is 2. The van der Waals surface area contributed by atoms with Crippen molar-refractivity contribution in [2.45, 2.75) is 13.3 Å². The van der Waals surface area contributed by atoms with E-state index in [1.165, 1.54) is 0 Å². The van der Waals surface area contributed by atoms with Gasteiger partial charge in [-0.05, 0) is 36.2 Å². The summed E-state index contributed by atoms with van der Waals surface area (Å²) >= 11 is 0. The van der Waals surface area contributed by atoms with Crippen LogP contribution in [0.2, 0.25) is 0 Å². The Morgan fingerprint density at radius 1 is 1.32 bits per heavy atom. The summed E-state index contributed by atoms with van der Waals surface area (Å²) in [5, 5.41) is 3.27. The third-order valence-electron chi connectivity index (χ3n) is 3.55. The average molecular weight is 295 g/mol. The van der Waals surface area contributed by atoms with E-state index in [4.69, 9.17) is 4.74 Å². The number of methoxy groups -OCH3 is 1. The van der Waals surface area contributed by atoms with Crippen LogP contribution in [0, 0.1) is 6.92 Å². The van der Waals surface area contributed by atoms with Crippen molar-refractivity contribution in [3.8, 4) is 5.75 Å². The van der Waals surface area contributed by atoms with Gasteiger partial charge in [-0.25, -0.2) is 4.98 Å². The minimum atomic E-state index is 0.353. The van der Waals surface area contributed by atoms with Gasteiger partial charge in [-0.3, -0.25) is 0 Å². The molecule has 0 amide bonds. The van der Waals surface area contributed by atoms with Gasteiger partial charge in [0.25, 0.3) is 0 Å². The van der Waals surface area contributed by atoms with Crippen LogP contribution in [0.3, 0.4) is 0 Å². The van der Waals surface area contributed by atoms with E-state index in [0.29, 0.717) is 18.1 Å². The van der Waals surface area contributed by atoms with E-state index in [-0.39, 0.29) is 0 Å². The number of nitrogens with zero attached hydrogens (tertiary/aromatic N) is 1. The quantitative estimate of drug-likeness (QED) is 0.708. The molecule has 0 saturated carbocycles. The van der Waals surface area contributed by atoms with Gasteiger partial charge in [0, 0.05) is 12.1 Å². The van der Waals surface area contributed by atoms with E-state index in [9.17, 15) is 4.79 Å². The van der Waals surface area contributed by atoms with Crippen LogP contribution in [0.5, 0.6) is 5.75 Å². The predicted octanol–water partition coefficient (Wildman–Crippen LogP) is 3.36. The van der Waals surface area contributed by atoms with E-state index in [2.05, 4.69) is 15.3 Å². The summed E-state index contributed by atoms with van der Waals surface area (Å²) in [6.45, 7) is 2.04. The first-order valence-corrected chi connectivity index (χ1v) is 7.04. The standard InChI is InChI=1S/C17H17N3O2/c1-11-5-3-4-6-13(11)18-17-19-14-9-12(7-8-21)10-15(22-2)16(14)20-17/h3-6,8-10H,7H2,1-2H3,(H2,18,19,20). The van der Waals surface area contributed by atoms with Gasteiger partial charge in [0.05, 0.1) is 12.6 Å². The molecule has 0 atom stereocenters. The topological polar surface area (TPSA) is 67.0 Å². The van der Waals surface area contributed by atoms with Crippen molar-refractivity contribution in [2.75, 3.05) is 12.4 Å². The number of para-hydroxylation sites is 1. The largest absolute Gasteiger partial charge is 0.494 e. The minimum Gasteiger partial charge on any atom is -0.494 e. The minimum absolute atomic E-state index is 0.353. The van der Waals surface area contributed by atoms with Crippen molar-refractivity contribution in [1.29, 1.82) is 0 Å².